The van der Waals surface area contributed by atoms with Gasteiger partial charge in [0.15, 0.2) is 0 Å². The maximum Gasteiger partial charge on any atom is 0.318 e. The van der Waals surface area contributed by atoms with Crippen molar-refractivity contribution in [2.45, 2.75) is 143 Å². The van der Waals surface area contributed by atoms with Crippen molar-refractivity contribution in [2.24, 2.45) is 0 Å². The molecule has 0 aromatic heterocycles. The van der Waals surface area contributed by atoms with Gasteiger partial charge < -0.3 is 25.5 Å². The minimum Gasteiger partial charge on any atom is -0.507 e. The molecule has 0 radical (unpaired) electrons. The molecule has 0 bridgehead atoms. The number of aliphatic carboxylic acids is 1. The molecular formula is C37H60O6. The number of phenols is 2. The number of carbonyl (C=O) groups is 1. The Bertz CT molecular complexity index is 1140. The summed E-state index contributed by atoms with van der Waals surface area (Å²) < 4.78 is 0. The lowest BCUT2D eigenvalue weighted by Gasteiger charge is -2.35. The number of rotatable bonds is 8. The van der Waals surface area contributed by atoms with Crippen LogP contribution in [0.4, 0.5) is 0 Å². The van der Waals surface area contributed by atoms with Gasteiger partial charge in [0.05, 0.1) is 0 Å². The van der Waals surface area contributed by atoms with Gasteiger partial charge >= 0.3 is 5.97 Å². The number of aliphatic hydroxyl groups is 2. The third kappa shape index (κ3) is 9.46. The van der Waals surface area contributed by atoms with Crippen LogP contribution in [0.15, 0.2) is 24.3 Å². The highest BCUT2D eigenvalue weighted by atomic mass is 16.4. The molecule has 0 saturated carbocycles. The van der Waals surface area contributed by atoms with Crippen LogP contribution in [-0.4, -0.2) is 44.7 Å². The lowest BCUT2D eigenvalue weighted by atomic mass is 9.68. The third-order valence-corrected chi connectivity index (χ3v) is 8.14. The van der Waals surface area contributed by atoms with Gasteiger partial charge in [0.2, 0.25) is 0 Å². The number of aromatic hydroxyl groups is 2. The van der Waals surface area contributed by atoms with Crippen LogP contribution in [0.25, 0.3) is 0 Å². The zero-order valence-corrected chi connectivity index (χ0v) is 29.2. The Morgan fingerprint density at radius 1 is 0.512 bits per heavy atom. The minimum atomic E-state index is -1.68. The summed E-state index contributed by atoms with van der Waals surface area (Å²) in [5.74, 6) is -1.19. The topological polar surface area (TPSA) is 118 Å². The van der Waals surface area contributed by atoms with Gasteiger partial charge in [-0.25, -0.2) is 0 Å². The first-order valence-corrected chi connectivity index (χ1v) is 15.6. The Morgan fingerprint density at radius 3 is 1.00 bits per heavy atom. The van der Waals surface area contributed by atoms with Gasteiger partial charge in [-0.3, -0.25) is 4.79 Å². The van der Waals surface area contributed by atoms with E-state index in [0.717, 1.165) is 36.8 Å². The van der Waals surface area contributed by atoms with E-state index in [9.17, 15) is 20.1 Å². The second kappa shape index (κ2) is 14.0. The molecule has 43 heavy (non-hydrogen) atoms. The SMILES string of the molecule is CC(C)(C)c1cc(C(C)(C)C)c(O)c(C(C)(C(=O)O)c2cc(C(C)(C)C)cc(C(C)(C)C)c2O)c1.OCCCCCCO. The average Bonchev–Trinajstić information content (AvgIpc) is 2.84. The monoisotopic (exact) mass is 600 g/mol. The van der Waals surface area contributed by atoms with Gasteiger partial charge in [0.25, 0.3) is 0 Å². The van der Waals surface area contributed by atoms with Crippen molar-refractivity contribution >= 4 is 5.97 Å². The molecule has 0 aliphatic carbocycles. The molecule has 0 aliphatic heterocycles. The molecule has 0 aliphatic rings. The fraction of sp³-hybridized carbons (Fsp3) is 0.649. The van der Waals surface area contributed by atoms with Gasteiger partial charge in [0.1, 0.15) is 16.9 Å². The molecule has 244 valence electrons. The highest BCUT2D eigenvalue weighted by Crippen LogP contribution is 2.49. The van der Waals surface area contributed by atoms with E-state index in [1.807, 2.05) is 53.7 Å². The Hall–Kier alpha value is -2.57. The Kier molecular flexibility index (Phi) is 12.5. The van der Waals surface area contributed by atoms with Gasteiger partial charge in [0, 0.05) is 24.3 Å². The first kappa shape index (κ1) is 38.5. The predicted octanol–water partition coefficient (Wildman–Crippen LogP) is 8.21. The lowest BCUT2D eigenvalue weighted by Crippen LogP contribution is -2.36. The van der Waals surface area contributed by atoms with Crippen molar-refractivity contribution in [3.63, 3.8) is 0 Å². The number of hydrogen-bond acceptors (Lipinski definition) is 5. The highest BCUT2D eigenvalue weighted by molar-refractivity contribution is 5.88. The van der Waals surface area contributed by atoms with E-state index in [-0.39, 0.29) is 35.5 Å². The van der Waals surface area contributed by atoms with Crippen LogP contribution < -0.4 is 0 Å². The van der Waals surface area contributed by atoms with Crippen molar-refractivity contribution in [3.05, 3.63) is 57.6 Å². The number of carboxylic acid groups (broad SMARTS) is 1. The number of unbranched alkanes of at least 4 members (excludes halogenated alkanes) is 3. The van der Waals surface area contributed by atoms with E-state index in [0.29, 0.717) is 22.3 Å². The van der Waals surface area contributed by atoms with Gasteiger partial charge in [-0.1, -0.05) is 120 Å². The normalized spacial score (nSPS) is 13.0. The summed E-state index contributed by atoms with van der Waals surface area (Å²) in [6.45, 7) is 26.6. The summed E-state index contributed by atoms with van der Waals surface area (Å²) in [7, 11) is 0. The summed E-state index contributed by atoms with van der Waals surface area (Å²) >= 11 is 0. The molecular weight excluding hydrogens is 540 g/mol. The molecule has 2 rings (SSSR count). The Morgan fingerprint density at radius 2 is 0.791 bits per heavy atom. The molecule has 6 nitrogen and oxygen atoms in total. The van der Waals surface area contributed by atoms with E-state index in [1.54, 1.807) is 19.1 Å². The van der Waals surface area contributed by atoms with Gasteiger partial charge in [-0.2, -0.15) is 0 Å². The Balaban J connectivity index is 0.00000101. The van der Waals surface area contributed by atoms with Crippen LogP contribution >= 0.6 is 0 Å². The molecule has 2 aromatic rings. The molecule has 0 atom stereocenters. The summed E-state index contributed by atoms with van der Waals surface area (Å²) in [4.78, 5) is 13.1. The van der Waals surface area contributed by atoms with Crippen molar-refractivity contribution in [1.29, 1.82) is 0 Å². The summed E-state index contributed by atoms with van der Waals surface area (Å²) in [5, 5.41) is 50.5. The fourth-order valence-corrected chi connectivity index (χ4v) is 4.99. The molecule has 2 aromatic carbocycles. The molecule has 6 heteroatoms. The first-order chi connectivity index (χ1) is 19.3. The van der Waals surface area contributed by atoms with Gasteiger partial charge in [-0.15, -0.1) is 0 Å². The summed E-state index contributed by atoms with van der Waals surface area (Å²) in [5.41, 5.74) is 0.793. The quantitative estimate of drug-likeness (QED) is 0.195. The smallest absolute Gasteiger partial charge is 0.318 e. The van der Waals surface area contributed by atoms with Crippen LogP contribution in [0.5, 0.6) is 11.5 Å². The molecule has 5 N–H and O–H groups in total. The lowest BCUT2D eigenvalue weighted by molar-refractivity contribution is -0.141. The second-order valence-corrected chi connectivity index (χ2v) is 16.1. The largest absolute Gasteiger partial charge is 0.507 e. The number of carboxylic acids is 1. The number of benzene rings is 2. The number of aliphatic hydroxyl groups excluding tert-OH is 2. The van der Waals surface area contributed by atoms with Crippen LogP contribution in [0.3, 0.4) is 0 Å². The standard InChI is InChI=1S/C31H46O4.C6H14O2/c1-27(2,3)18-14-20(29(7,8)9)24(32)22(16-18)31(13,26(34)35)23-17-19(28(4,5)6)15-21(25(23)33)30(10,11)12;7-5-3-1-2-4-6-8/h14-17,32-33H,1-13H3,(H,34,35);7-8H,1-6H2. The fourth-order valence-electron chi connectivity index (χ4n) is 4.99. The maximum absolute atomic E-state index is 13.1. The van der Waals surface area contributed by atoms with E-state index < -0.39 is 22.2 Å². The molecule has 0 fully saturated rings. The van der Waals surface area contributed by atoms with Crippen molar-refractivity contribution in [1.82, 2.24) is 0 Å². The molecule has 0 spiro atoms. The minimum absolute atomic E-state index is 0.0340. The Labute approximate surface area is 261 Å². The zero-order chi connectivity index (χ0) is 33.8. The molecule has 0 saturated heterocycles. The highest BCUT2D eigenvalue weighted by Gasteiger charge is 2.45. The van der Waals surface area contributed by atoms with Gasteiger partial charge in [-0.05, 0) is 63.7 Å². The van der Waals surface area contributed by atoms with E-state index in [1.165, 1.54) is 0 Å². The first-order valence-electron chi connectivity index (χ1n) is 15.6. The summed E-state index contributed by atoms with van der Waals surface area (Å²) in [6.07, 6.45) is 3.83. The van der Waals surface area contributed by atoms with E-state index in [4.69, 9.17) is 10.2 Å². The van der Waals surface area contributed by atoms with E-state index in [2.05, 4.69) is 41.5 Å². The van der Waals surface area contributed by atoms with Crippen molar-refractivity contribution < 1.29 is 30.3 Å². The van der Waals surface area contributed by atoms with Crippen LogP contribution in [0.2, 0.25) is 0 Å². The van der Waals surface area contributed by atoms with Crippen LogP contribution in [-0.2, 0) is 31.9 Å². The van der Waals surface area contributed by atoms with Crippen LogP contribution in [0, 0.1) is 0 Å². The third-order valence-electron chi connectivity index (χ3n) is 8.14. The van der Waals surface area contributed by atoms with Crippen molar-refractivity contribution in [3.8, 4) is 11.5 Å². The zero-order valence-electron chi connectivity index (χ0n) is 29.2. The molecule has 0 heterocycles. The average molecular weight is 601 g/mol. The van der Waals surface area contributed by atoms with Crippen LogP contribution in [0.1, 0.15) is 149 Å². The number of phenolic OH excluding ortho intramolecular Hbond substituents is 2. The van der Waals surface area contributed by atoms with E-state index >= 15 is 0 Å². The second-order valence-electron chi connectivity index (χ2n) is 16.1. The molecule has 0 unspecified atom stereocenters. The number of hydrogen-bond donors (Lipinski definition) is 5. The predicted molar refractivity (Wildman–Crippen MR) is 178 cm³/mol. The maximum atomic E-state index is 13.1. The molecule has 0 amide bonds. The van der Waals surface area contributed by atoms with Crippen molar-refractivity contribution in [2.75, 3.05) is 13.2 Å². The summed E-state index contributed by atoms with van der Waals surface area (Å²) in [6, 6.07) is 7.57.